The van der Waals surface area contributed by atoms with Crippen LogP contribution in [0.4, 0.5) is 17.1 Å². The fourth-order valence-corrected chi connectivity index (χ4v) is 10.3. The lowest BCUT2D eigenvalue weighted by atomic mass is 9.83. The lowest BCUT2D eigenvalue weighted by Crippen LogP contribution is -2.12. The third-order valence-corrected chi connectivity index (χ3v) is 13.5. The van der Waals surface area contributed by atoms with Gasteiger partial charge in [0.1, 0.15) is 0 Å². The van der Waals surface area contributed by atoms with Gasteiger partial charge in [0.2, 0.25) is 0 Å². The molecule has 0 aliphatic heterocycles. The normalized spacial score (nSPS) is 11.2. The first-order valence-corrected chi connectivity index (χ1v) is 23.8. The van der Waals surface area contributed by atoms with Gasteiger partial charge in [-0.3, -0.25) is 0 Å². The lowest BCUT2D eigenvalue weighted by Gasteiger charge is -2.29. The van der Waals surface area contributed by atoms with Crippen LogP contribution in [0.3, 0.4) is 0 Å². The van der Waals surface area contributed by atoms with Crippen LogP contribution >= 0.6 is 0 Å². The van der Waals surface area contributed by atoms with Crippen molar-refractivity contribution in [1.82, 2.24) is 0 Å². The Bertz CT molecular complexity index is 3720. The Morgan fingerprint density at radius 3 is 1.20 bits per heavy atom. The van der Waals surface area contributed by atoms with Gasteiger partial charge in [-0.05, 0) is 130 Å². The predicted molar refractivity (Wildman–Crippen MR) is 294 cm³/mol. The van der Waals surface area contributed by atoms with Gasteiger partial charge in [0.15, 0.2) is 0 Å². The minimum atomic E-state index is 1.07. The molecule has 0 aliphatic rings. The average Bonchev–Trinajstić information content (AvgIpc) is 3.44. The highest BCUT2D eigenvalue weighted by atomic mass is 15.1. The zero-order chi connectivity index (χ0) is 45.9. The van der Waals surface area contributed by atoms with Gasteiger partial charge >= 0.3 is 0 Å². The largest absolute Gasteiger partial charge is 0.310 e. The highest BCUT2D eigenvalue weighted by molar-refractivity contribution is 6.25. The van der Waals surface area contributed by atoms with Crippen LogP contribution in [0.1, 0.15) is 0 Å². The molecular weight excluding hydrogens is 831 g/mol. The van der Waals surface area contributed by atoms with E-state index in [1.165, 1.54) is 82.7 Å². The summed E-state index contributed by atoms with van der Waals surface area (Å²) < 4.78 is 0. The first-order chi connectivity index (χ1) is 34.3. The molecule has 12 rings (SSSR count). The van der Waals surface area contributed by atoms with Crippen molar-refractivity contribution in [1.29, 1.82) is 0 Å². The van der Waals surface area contributed by atoms with E-state index in [9.17, 15) is 0 Å². The molecule has 69 heavy (non-hydrogen) atoms. The summed E-state index contributed by atoms with van der Waals surface area (Å²) in [5, 5.41) is 4.97. The maximum Gasteiger partial charge on any atom is 0.0540 e. The Balaban J connectivity index is 1.08. The van der Waals surface area contributed by atoms with Gasteiger partial charge < -0.3 is 4.90 Å². The number of fused-ring (bicyclic) bond motifs is 3. The fourth-order valence-electron chi connectivity index (χ4n) is 10.3. The number of benzene rings is 12. The Morgan fingerprint density at radius 2 is 0.623 bits per heavy atom. The summed E-state index contributed by atoms with van der Waals surface area (Å²) >= 11 is 0. The average molecular weight is 878 g/mol. The van der Waals surface area contributed by atoms with E-state index in [-0.39, 0.29) is 0 Å². The summed E-state index contributed by atoms with van der Waals surface area (Å²) in [7, 11) is 0. The maximum atomic E-state index is 2.44. The third-order valence-electron chi connectivity index (χ3n) is 13.5. The number of hydrogen-bond donors (Lipinski definition) is 0. The maximum absolute atomic E-state index is 2.44. The first-order valence-electron chi connectivity index (χ1n) is 23.8. The fraction of sp³-hybridized carbons (Fsp3) is 0. The highest BCUT2D eigenvalue weighted by Crippen LogP contribution is 2.49. The van der Waals surface area contributed by atoms with Crippen LogP contribution in [0.25, 0.3) is 99.4 Å². The standard InChI is InChI=1S/C68H47N/c1-7-22-48(23-8-1)55-40-45-65(64(46-55)51-28-13-4-14-29-51)69(57-43-44-58(49-24-9-2-10-25-49)63(47-57)50-26-11-3-12-27-50)56-41-38-52(39-42-56)59-36-21-37-62-67(54-32-17-6-18-33-54)66(53-30-15-5-16-31-53)60-34-19-20-35-61(60)68(59)62/h1-47H. The molecule has 0 aromatic heterocycles. The molecule has 1 heteroatoms. The molecule has 0 fully saturated rings. The number of anilines is 3. The summed E-state index contributed by atoms with van der Waals surface area (Å²) in [5.74, 6) is 0. The molecule has 0 heterocycles. The zero-order valence-corrected chi connectivity index (χ0v) is 38.1. The minimum absolute atomic E-state index is 1.07. The van der Waals surface area contributed by atoms with Crippen molar-refractivity contribution >= 4 is 38.6 Å². The molecule has 1 nitrogen and oxygen atoms in total. The molecule has 0 aliphatic carbocycles. The molecule has 12 aromatic rings. The summed E-state index contributed by atoms with van der Waals surface area (Å²) in [6.07, 6.45) is 0. The number of rotatable bonds is 10. The highest BCUT2D eigenvalue weighted by Gasteiger charge is 2.23. The second-order valence-corrected chi connectivity index (χ2v) is 17.6. The van der Waals surface area contributed by atoms with E-state index in [1.807, 2.05) is 0 Å². The van der Waals surface area contributed by atoms with Crippen molar-refractivity contribution in [3.8, 4) is 77.9 Å². The molecule has 0 saturated heterocycles. The van der Waals surface area contributed by atoms with E-state index < -0.39 is 0 Å². The smallest absolute Gasteiger partial charge is 0.0540 e. The minimum Gasteiger partial charge on any atom is -0.310 e. The van der Waals surface area contributed by atoms with Crippen LogP contribution in [0.5, 0.6) is 0 Å². The monoisotopic (exact) mass is 877 g/mol. The van der Waals surface area contributed by atoms with Gasteiger partial charge in [-0.2, -0.15) is 0 Å². The Labute approximate surface area is 404 Å². The van der Waals surface area contributed by atoms with Crippen molar-refractivity contribution in [3.05, 3.63) is 285 Å². The summed E-state index contributed by atoms with van der Waals surface area (Å²) in [6, 6.07) is 104. The second-order valence-electron chi connectivity index (χ2n) is 17.6. The van der Waals surface area contributed by atoms with E-state index in [0.29, 0.717) is 0 Å². The van der Waals surface area contributed by atoms with Gasteiger partial charge in [0, 0.05) is 16.9 Å². The molecule has 324 valence electrons. The molecule has 0 atom stereocenters. The quantitative estimate of drug-likeness (QED) is 0.124. The Hall–Kier alpha value is -9.04. The van der Waals surface area contributed by atoms with Gasteiger partial charge in [-0.15, -0.1) is 0 Å². The van der Waals surface area contributed by atoms with Crippen LogP contribution in [-0.4, -0.2) is 0 Å². The topological polar surface area (TPSA) is 3.24 Å². The summed E-state index contributed by atoms with van der Waals surface area (Å²) in [5.41, 5.74) is 19.9. The van der Waals surface area contributed by atoms with E-state index in [2.05, 4.69) is 290 Å². The molecule has 12 aromatic carbocycles. The van der Waals surface area contributed by atoms with Crippen molar-refractivity contribution in [2.75, 3.05) is 4.90 Å². The molecule has 0 N–H and O–H groups in total. The number of hydrogen-bond acceptors (Lipinski definition) is 1. The van der Waals surface area contributed by atoms with Crippen molar-refractivity contribution < 1.29 is 0 Å². The van der Waals surface area contributed by atoms with E-state index >= 15 is 0 Å². The third kappa shape index (κ3) is 7.86. The van der Waals surface area contributed by atoms with Crippen LogP contribution in [-0.2, 0) is 0 Å². The lowest BCUT2D eigenvalue weighted by molar-refractivity contribution is 1.28. The van der Waals surface area contributed by atoms with E-state index in [4.69, 9.17) is 0 Å². The number of nitrogens with zero attached hydrogens (tertiary/aromatic N) is 1. The first kappa shape index (κ1) is 41.4. The Kier molecular flexibility index (Phi) is 11.0. The SMILES string of the molecule is c1ccc(-c2ccc(N(c3ccc(-c4cccc5c(-c6ccccc6)c(-c6ccccc6)c6ccccc6c45)cc3)c3ccc(-c4ccccc4)c(-c4ccccc4)c3)c(-c3ccccc3)c2)cc1. The molecule has 0 unspecified atom stereocenters. The van der Waals surface area contributed by atoms with Gasteiger partial charge in [-0.25, -0.2) is 0 Å². The molecule has 0 amide bonds. The second kappa shape index (κ2) is 18.3. The van der Waals surface area contributed by atoms with Crippen molar-refractivity contribution in [3.63, 3.8) is 0 Å². The van der Waals surface area contributed by atoms with E-state index in [1.54, 1.807) is 0 Å². The Morgan fingerprint density at radius 1 is 0.203 bits per heavy atom. The van der Waals surface area contributed by atoms with Gasteiger partial charge in [0.25, 0.3) is 0 Å². The predicted octanol–water partition coefficient (Wildman–Crippen LogP) is 19.1. The molecule has 0 spiro atoms. The molecule has 0 radical (unpaired) electrons. The molecular formula is C68H47N. The molecule has 0 bridgehead atoms. The zero-order valence-electron chi connectivity index (χ0n) is 38.1. The van der Waals surface area contributed by atoms with Crippen LogP contribution < -0.4 is 4.90 Å². The van der Waals surface area contributed by atoms with Gasteiger partial charge in [-0.1, -0.05) is 249 Å². The van der Waals surface area contributed by atoms with Crippen LogP contribution in [0.15, 0.2) is 285 Å². The van der Waals surface area contributed by atoms with Crippen molar-refractivity contribution in [2.24, 2.45) is 0 Å². The van der Waals surface area contributed by atoms with Crippen LogP contribution in [0, 0.1) is 0 Å². The summed E-state index contributed by atoms with van der Waals surface area (Å²) in [6.45, 7) is 0. The summed E-state index contributed by atoms with van der Waals surface area (Å²) in [4.78, 5) is 2.44. The van der Waals surface area contributed by atoms with Crippen LogP contribution in [0.2, 0.25) is 0 Å². The molecule has 0 saturated carbocycles. The van der Waals surface area contributed by atoms with Crippen molar-refractivity contribution in [2.45, 2.75) is 0 Å². The van der Waals surface area contributed by atoms with E-state index in [0.717, 1.165) is 33.8 Å². The van der Waals surface area contributed by atoms with Gasteiger partial charge in [0.05, 0.1) is 5.69 Å².